The summed E-state index contributed by atoms with van der Waals surface area (Å²) in [5.41, 5.74) is 7.41. The van der Waals surface area contributed by atoms with Gasteiger partial charge in [0.15, 0.2) is 0 Å². The van der Waals surface area contributed by atoms with Gasteiger partial charge in [0.1, 0.15) is 42.0 Å². The normalized spacial score (nSPS) is 11.3. The number of rotatable bonds is 16. The van der Waals surface area contributed by atoms with Crippen LogP contribution in [0.1, 0.15) is 54.2 Å². The third-order valence-electron chi connectivity index (χ3n) is 9.54. The summed E-state index contributed by atoms with van der Waals surface area (Å²) in [5, 5.41) is 31.7. The van der Waals surface area contributed by atoms with E-state index >= 15 is 0 Å². The number of benzene rings is 3. The molecule has 0 aliphatic carbocycles. The topological polar surface area (TPSA) is 172 Å². The van der Waals surface area contributed by atoms with Crippen LogP contribution >= 0.6 is 11.6 Å². The first-order valence-corrected chi connectivity index (χ1v) is 19.8. The maximum Gasteiger partial charge on any atom is 0.410 e. The van der Waals surface area contributed by atoms with Gasteiger partial charge in [0, 0.05) is 61.6 Å². The molecule has 6 aromatic rings. The van der Waals surface area contributed by atoms with Crippen LogP contribution in [0.5, 0.6) is 11.5 Å². The molecule has 1 amide bonds. The molecule has 0 radical (unpaired) electrons. The molecule has 3 N–H and O–H groups in total. The minimum atomic E-state index is -0.733. The fourth-order valence-corrected chi connectivity index (χ4v) is 6.75. The summed E-state index contributed by atoms with van der Waals surface area (Å²) < 4.78 is 19.4. The second-order valence-corrected chi connectivity index (χ2v) is 15.5. The molecule has 0 saturated carbocycles. The molecule has 0 bridgehead atoms. The molecule has 0 spiro atoms. The van der Waals surface area contributed by atoms with Crippen LogP contribution in [0.4, 0.5) is 4.79 Å². The molecule has 0 saturated heterocycles. The molecule has 0 aliphatic rings. The number of nitrogens with one attached hydrogen (secondary N) is 1. The Hall–Kier alpha value is -6.30. The summed E-state index contributed by atoms with van der Waals surface area (Å²) in [6.45, 7) is 8.17. The molecule has 60 heavy (non-hydrogen) atoms. The first-order chi connectivity index (χ1) is 28.9. The van der Waals surface area contributed by atoms with Gasteiger partial charge < -0.3 is 34.6 Å². The number of halogens is 1. The molecule has 3 aromatic carbocycles. The van der Waals surface area contributed by atoms with Crippen LogP contribution in [0, 0.1) is 18.3 Å². The fourth-order valence-electron chi connectivity index (χ4n) is 6.51. The van der Waals surface area contributed by atoms with Gasteiger partial charge in [0.2, 0.25) is 0 Å². The smallest absolute Gasteiger partial charge is 0.410 e. The van der Waals surface area contributed by atoms with Gasteiger partial charge in [-0.3, -0.25) is 14.2 Å². The number of carbonyl (C=O) groups is 1. The number of carbonyl (C=O) groups excluding carboxylic acids is 1. The predicted molar refractivity (Wildman–Crippen MR) is 229 cm³/mol. The summed E-state index contributed by atoms with van der Waals surface area (Å²) in [7, 11) is 0. The van der Waals surface area contributed by atoms with Crippen LogP contribution in [-0.2, 0) is 31.0 Å². The lowest BCUT2D eigenvalue weighted by molar-refractivity contribution is 0.0200. The van der Waals surface area contributed by atoms with Gasteiger partial charge in [0.05, 0.1) is 35.9 Å². The van der Waals surface area contributed by atoms with Gasteiger partial charge in [-0.25, -0.2) is 9.78 Å². The van der Waals surface area contributed by atoms with Crippen LogP contribution in [0.25, 0.3) is 27.9 Å². The van der Waals surface area contributed by atoms with Crippen LogP contribution < -0.4 is 20.3 Å². The van der Waals surface area contributed by atoms with Crippen molar-refractivity contribution in [3.63, 3.8) is 0 Å². The van der Waals surface area contributed by atoms with Crippen molar-refractivity contribution in [2.75, 3.05) is 26.3 Å². The minimum absolute atomic E-state index is 0.00627. The summed E-state index contributed by atoms with van der Waals surface area (Å²) in [6, 6.07) is 25.2. The molecular formula is C46H47ClN6O7. The van der Waals surface area contributed by atoms with Crippen LogP contribution in [0.3, 0.4) is 0 Å². The van der Waals surface area contributed by atoms with E-state index in [1.54, 1.807) is 51.4 Å². The Morgan fingerprint density at radius 1 is 0.900 bits per heavy atom. The fraction of sp³-hybridized carbons (Fsp3) is 0.283. The van der Waals surface area contributed by atoms with Gasteiger partial charge >= 0.3 is 6.09 Å². The molecular weight excluding hydrogens is 784 g/mol. The van der Waals surface area contributed by atoms with E-state index in [4.69, 9.17) is 25.8 Å². The number of hydrogen-bond acceptors (Lipinski definition) is 11. The molecule has 6 rings (SSSR count). The quantitative estimate of drug-likeness (QED) is 0.0841. The lowest BCUT2D eigenvalue weighted by atomic mass is 9.94. The highest BCUT2D eigenvalue weighted by Crippen LogP contribution is 2.35. The maximum absolute atomic E-state index is 13.5. The lowest BCUT2D eigenvalue weighted by Gasteiger charge is -2.26. The van der Waals surface area contributed by atoms with Crippen LogP contribution in [0.2, 0.25) is 5.02 Å². The lowest BCUT2D eigenvalue weighted by Crippen LogP contribution is -2.39. The molecule has 14 heteroatoms. The number of aliphatic hydroxyl groups is 2. The minimum Gasteiger partial charge on any atom is -0.488 e. The molecule has 0 fully saturated rings. The van der Waals surface area contributed by atoms with Crippen LogP contribution in [0.15, 0.2) is 102 Å². The number of aliphatic hydroxyl groups excluding tert-OH is 2. The van der Waals surface area contributed by atoms with Crippen molar-refractivity contribution < 1.29 is 29.2 Å². The molecule has 310 valence electrons. The van der Waals surface area contributed by atoms with E-state index in [0.29, 0.717) is 40.8 Å². The van der Waals surface area contributed by atoms with E-state index in [1.165, 1.54) is 21.7 Å². The van der Waals surface area contributed by atoms with Crippen molar-refractivity contribution in [2.24, 2.45) is 0 Å². The standard InChI is InChI=1S/C46H47ClN6O7/c1-30-36(29-59-42-21-41(37(19-40(42)47)25-49-12-15-54)58-28-32-17-31(22-48)23-50-24-32)9-6-10-39(30)35-8-5-7-33(18-35)34-11-13-53-43(20-34)51-26-38(44(53)56)27-52(14-16-55)45(57)60-46(2,3)4/h5-11,13,17-21,23-24,26,49,54-55H,12,14-16,25,27-29H2,1-4H3. The van der Waals surface area contributed by atoms with Gasteiger partial charge in [0.25, 0.3) is 5.56 Å². The van der Waals surface area contributed by atoms with Crippen molar-refractivity contribution in [1.82, 2.24) is 24.6 Å². The Morgan fingerprint density at radius 3 is 2.43 bits per heavy atom. The monoisotopic (exact) mass is 830 g/mol. The predicted octanol–water partition coefficient (Wildman–Crippen LogP) is 7.23. The van der Waals surface area contributed by atoms with E-state index < -0.39 is 11.7 Å². The molecule has 0 atom stereocenters. The zero-order valence-electron chi connectivity index (χ0n) is 33.9. The average molecular weight is 831 g/mol. The number of nitriles is 1. The van der Waals surface area contributed by atoms with E-state index in [9.17, 15) is 25.1 Å². The highest BCUT2D eigenvalue weighted by atomic mass is 35.5. The molecule has 0 aliphatic heterocycles. The van der Waals surface area contributed by atoms with Gasteiger partial charge in [-0.1, -0.05) is 48.0 Å². The second kappa shape index (κ2) is 19.6. The number of amides is 1. The Bertz CT molecular complexity index is 2580. The molecule has 13 nitrogen and oxygen atoms in total. The number of nitrogens with zero attached hydrogens (tertiary/aromatic N) is 5. The van der Waals surface area contributed by atoms with Gasteiger partial charge in [-0.05, 0) is 91.4 Å². The third kappa shape index (κ3) is 10.8. The summed E-state index contributed by atoms with van der Waals surface area (Å²) >= 11 is 6.74. The number of fused-ring (bicyclic) bond motifs is 1. The van der Waals surface area contributed by atoms with Gasteiger partial charge in [-0.15, -0.1) is 0 Å². The second-order valence-electron chi connectivity index (χ2n) is 15.1. The number of aromatic nitrogens is 3. The Morgan fingerprint density at radius 2 is 1.67 bits per heavy atom. The zero-order chi connectivity index (χ0) is 42.8. The SMILES string of the molecule is Cc1c(COc2cc(OCc3cncc(C#N)c3)c(CNCCO)cc2Cl)cccc1-c1cccc(-c2ccn3c(=O)c(CN(CCO)C(=O)OC(C)(C)C)cnc3c2)c1. The Labute approximate surface area is 353 Å². The molecule has 3 heterocycles. The summed E-state index contributed by atoms with van der Waals surface area (Å²) in [5.74, 6) is 0.983. The largest absolute Gasteiger partial charge is 0.488 e. The average Bonchev–Trinajstić information content (AvgIpc) is 3.23. The van der Waals surface area contributed by atoms with E-state index in [-0.39, 0.29) is 50.6 Å². The van der Waals surface area contributed by atoms with Crippen molar-refractivity contribution in [3.8, 4) is 39.8 Å². The first kappa shape index (κ1) is 43.3. The number of hydrogen-bond donors (Lipinski definition) is 3. The van der Waals surface area contributed by atoms with Crippen molar-refractivity contribution in [2.45, 2.75) is 59.6 Å². The molecule has 3 aromatic heterocycles. The van der Waals surface area contributed by atoms with E-state index in [2.05, 4.69) is 33.5 Å². The zero-order valence-corrected chi connectivity index (χ0v) is 34.7. The first-order valence-electron chi connectivity index (χ1n) is 19.4. The third-order valence-corrected chi connectivity index (χ3v) is 9.83. The van der Waals surface area contributed by atoms with Crippen LogP contribution in [-0.4, -0.2) is 67.5 Å². The number of ether oxygens (including phenoxy) is 3. The summed E-state index contributed by atoms with van der Waals surface area (Å²) in [4.78, 5) is 36.2. The van der Waals surface area contributed by atoms with E-state index in [1.807, 2.05) is 49.4 Å². The molecule has 0 unspecified atom stereocenters. The van der Waals surface area contributed by atoms with Crippen molar-refractivity contribution in [3.05, 3.63) is 146 Å². The Kier molecular flexibility index (Phi) is 14.2. The van der Waals surface area contributed by atoms with Gasteiger partial charge in [-0.2, -0.15) is 5.26 Å². The van der Waals surface area contributed by atoms with E-state index in [0.717, 1.165) is 44.5 Å². The Balaban J connectivity index is 1.20. The highest BCUT2D eigenvalue weighted by molar-refractivity contribution is 6.32. The maximum atomic E-state index is 13.5. The van der Waals surface area contributed by atoms with Crippen molar-refractivity contribution >= 4 is 23.3 Å². The number of pyridine rings is 2. The summed E-state index contributed by atoms with van der Waals surface area (Å²) in [6.07, 6.45) is 5.65. The highest BCUT2D eigenvalue weighted by Gasteiger charge is 2.23. The van der Waals surface area contributed by atoms with Crippen molar-refractivity contribution in [1.29, 1.82) is 5.26 Å².